The van der Waals surface area contributed by atoms with Crippen LogP contribution in [0, 0.1) is 0 Å². The number of sulfonamides is 1. The molecule has 1 saturated heterocycles. The van der Waals surface area contributed by atoms with Crippen molar-refractivity contribution in [2.45, 2.75) is 30.7 Å². The second kappa shape index (κ2) is 5.55. The molecular weight excluding hydrogens is 284 g/mol. The van der Waals surface area contributed by atoms with Crippen LogP contribution in [-0.2, 0) is 21.2 Å². The van der Waals surface area contributed by atoms with Crippen LogP contribution >= 0.6 is 0 Å². The summed E-state index contributed by atoms with van der Waals surface area (Å²) < 4.78 is 36.2. The predicted molar refractivity (Wildman–Crippen MR) is 70.8 cm³/mol. The third-order valence-corrected chi connectivity index (χ3v) is 5.20. The summed E-state index contributed by atoms with van der Waals surface area (Å²) in [7, 11) is -2.47. The fourth-order valence-electron chi connectivity index (χ4n) is 2.19. The highest BCUT2D eigenvalue weighted by atomic mass is 32.2. The first-order chi connectivity index (χ1) is 9.40. The number of furan rings is 1. The van der Waals surface area contributed by atoms with Crippen molar-refractivity contribution < 1.29 is 22.4 Å². The molecule has 2 N–H and O–H groups in total. The third-order valence-electron chi connectivity index (χ3n) is 3.28. The van der Waals surface area contributed by atoms with Gasteiger partial charge in [0, 0.05) is 31.6 Å². The van der Waals surface area contributed by atoms with Crippen molar-refractivity contribution in [3.8, 4) is 0 Å². The van der Waals surface area contributed by atoms with E-state index in [9.17, 15) is 13.2 Å². The van der Waals surface area contributed by atoms with Crippen molar-refractivity contribution in [2.75, 3.05) is 20.2 Å². The molecule has 1 aromatic rings. The van der Waals surface area contributed by atoms with Gasteiger partial charge in [-0.1, -0.05) is 6.92 Å². The van der Waals surface area contributed by atoms with Gasteiger partial charge >= 0.3 is 5.97 Å². The van der Waals surface area contributed by atoms with Gasteiger partial charge in [0.2, 0.25) is 15.8 Å². The maximum absolute atomic E-state index is 12.5. The van der Waals surface area contributed by atoms with Gasteiger partial charge in [-0.05, 0) is 6.42 Å². The number of aryl methyl sites for hydroxylation is 1. The highest BCUT2D eigenvalue weighted by Crippen LogP contribution is 2.27. The Morgan fingerprint density at radius 2 is 2.30 bits per heavy atom. The first kappa shape index (κ1) is 15.0. The molecule has 0 aromatic carbocycles. The van der Waals surface area contributed by atoms with Crippen molar-refractivity contribution >= 4 is 16.0 Å². The highest BCUT2D eigenvalue weighted by molar-refractivity contribution is 7.89. The smallest absolute Gasteiger partial charge is 0.373 e. The SMILES string of the molecule is CCc1oc(C(=O)OC)cc1S(=O)(=O)N1CC[C@@H](N)C1. The van der Waals surface area contributed by atoms with Crippen molar-refractivity contribution in [3.63, 3.8) is 0 Å². The van der Waals surface area contributed by atoms with E-state index < -0.39 is 16.0 Å². The molecule has 0 amide bonds. The Balaban J connectivity index is 2.40. The van der Waals surface area contributed by atoms with Crippen molar-refractivity contribution in [3.05, 3.63) is 17.6 Å². The summed E-state index contributed by atoms with van der Waals surface area (Å²) >= 11 is 0. The minimum Gasteiger partial charge on any atom is -0.463 e. The fraction of sp³-hybridized carbons (Fsp3) is 0.583. The Labute approximate surface area is 117 Å². The second-order valence-corrected chi connectivity index (χ2v) is 6.56. The van der Waals surface area contributed by atoms with Crippen LogP contribution < -0.4 is 5.73 Å². The third kappa shape index (κ3) is 2.58. The predicted octanol–water partition coefficient (Wildman–Crippen LogP) is 0.350. The van der Waals surface area contributed by atoms with E-state index in [2.05, 4.69) is 4.74 Å². The first-order valence-electron chi connectivity index (χ1n) is 6.37. The minimum atomic E-state index is -3.68. The van der Waals surface area contributed by atoms with Crippen LogP contribution in [-0.4, -0.2) is 44.9 Å². The molecule has 1 fully saturated rings. The van der Waals surface area contributed by atoms with Gasteiger partial charge in [0.25, 0.3) is 0 Å². The maximum atomic E-state index is 12.5. The lowest BCUT2D eigenvalue weighted by molar-refractivity contribution is 0.0563. The summed E-state index contributed by atoms with van der Waals surface area (Å²) in [6.07, 6.45) is 0.994. The van der Waals surface area contributed by atoms with Crippen molar-refractivity contribution in [1.29, 1.82) is 0 Å². The number of carbonyl (C=O) groups excluding carboxylic acids is 1. The molecule has 112 valence electrons. The van der Waals surface area contributed by atoms with Crippen LogP contribution in [0.15, 0.2) is 15.4 Å². The Kier molecular flexibility index (Phi) is 4.17. The molecule has 0 unspecified atom stereocenters. The molecule has 2 heterocycles. The normalized spacial score (nSPS) is 20.2. The number of hydrogen-bond donors (Lipinski definition) is 1. The molecule has 0 bridgehead atoms. The van der Waals surface area contributed by atoms with E-state index in [-0.39, 0.29) is 29.0 Å². The lowest BCUT2D eigenvalue weighted by Gasteiger charge is -2.15. The van der Waals surface area contributed by atoms with E-state index in [4.69, 9.17) is 10.2 Å². The largest absolute Gasteiger partial charge is 0.463 e. The number of carbonyl (C=O) groups is 1. The molecule has 2 rings (SSSR count). The standard InChI is InChI=1S/C12H18N2O5S/c1-3-9-11(6-10(19-9)12(15)18-2)20(16,17)14-5-4-8(13)7-14/h6,8H,3-5,7,13H2,1-2H3/t8-/m1/s1. The molecule has 0 spiro atoms. The van der Waals surface area contributed by atoms with E-state index >= 15 is 0 Å². The van der Waals surface area contributed by atoms with Crippen LogP contribution in [0.5, 0.6) is 0 Å². The number of rotatable bonds is 4. The molecule has 0 aliphatic carbocycles. The minimum absolute atomic E-state index is 0.0227. The molecule has 1 atom stereocenters. The molecule has 1 aromatic heterocycles. The zero-order valence-electron chi connectivity index (χ0n) is 11.5. The number of nitrogens with zero attached hydrogens (tertiary/aromatic N) is 1. The summed E-state index contributed by atoms with van der Waals surface area (Å²) in [5.74, 6) is -0.545. The van der Waals surface area contributed by atoms with E-state index in [0.29, 0.717) is 19.4 Å². The highest BCUT2D eigenvalue weighted by Gasteiger charge is 2.34. The quantitative estimate of drug-likeness (QED) is 0.805. The van der Waals surface area contributed by atoms with Gasteiger partial charge in [-0.15, -0.1) is 0 Å². The average Bonchev–Trinajstić information content (AvgIpc) is 3.04. The molecule has 0 saturated carbocycles. The van der Waals surface area contributed by atoms with Crippen LogP contribution in [0.4, 0.5) is 0 Å². The molecule has 7 nitrogen and oxygen atoms in total. The van der Waals surface area contributed by atoms with Gasteiger partial charge in [-0.2, -0.15) is 4.31 Å². The Morgan fingerprint density at radius 3 is 2.80 bits per heavy atom. The summed E-state index contributed by atoms with van der Waals surface area (Å²) in [4.78, 5) is 11.5. The second-order valence-electron chi connectivity index (χ2n) is 4.66. The molecule has 0 radical (unpaired) electrons. The zero-order valence-corrected chi connectivity index (χ0v) is 12.3. The number of methoxy groups -OCH3 is 1. The van der Waals surface area contributed by atoms with E-state index in [0.717, 1.165) is 0 Å². The monoisotopic (exact) mass is 302 g/mol. The number of ether oxygens (including phenoxy) is 1. The van der Waals surface area contributed by atoms with Crippen LogP contribution in [0.25, 0.3) is 0 Å². The summed E-state index contributed by atoms with van der Waals surface area (Å²) in [5.41, 5.74) is 5.74. The van der Waals surface area contributed by atoms with Crippen LogP contribution in [0.2, 0.25) is 0 Å². The van der Waals surface area contributed by atoms with Gasteiger partial charge in [-0.25, -0.2) is 13.2 Å². The van der Waals surface area contributed by atoms with Crippen LogP contribution in [0.1, 0.15) is 29.7 Å². The number of esters is 1. The van der Waals surface area contributed by atoms with Gasteiger partial charge in [-0.3, -0.25) is 0 Å². The molecule has 1 aliphatic rings. The maximum Gasteiger partial charge on any atom is 0.373 e. The van der Waals surface area contributed by atoms with E-state index in [1.807, 2.05) is 0 Å². The van der Waals surface area contributed by atoms with Gasteiger partial charge in [0.1, 0.15) is 10.7 Å². The lowest BCUT2D eigenvalue weighted by Crippen LogP contribution is -2.32. The summed E-state index contributed by atoms with van der Waals surface area (Å²) in [6.45, 7) is 2.42. The van der Waals surface area contributed by atoms with Gasteiger partial charge < -0.3 is 14.9 Å². The van der Waals surface area contributed by atoms with E-state index in [1.165, 1.54) is 17.5 Å². The van der Waals surface area contributed by atoms with Gasteiger partial charge in [0.15, 0.2) is 0 Å². The number of hydrogen-bond acceptors (Lipinski definition) is 6. The molecule has 20 heavy (non-hydrogen) atoms. The zero-order chi connectivity index (χ0) is 14.9. The van der Waals surface area contributed by atoms with E-state index in [1.54, 1.807) is 6.92 Å². The first-order valence-corrected chi connectivity index (χ1v) is 7.81. The average molecular weight is 302 g/mol. The van der Waals surface area contributed by atoms with Crippen molar-refractivity contribution in [2.24, 2.45) is 5.73 Å². The topological polar surface area (TPSA) is 103 Å². The Bertz CT molecular complexity index is 607. The number of nitrogens with two attached hydrogens (primary N) is 1. The molecule has 1 aliphatic heterocycles. The molecule has 8 heteroatoms. The summed E-state index contributed by atoms with van der Waals surface area (Å²) in [6, 6.07) is 1.07. The lowest BCUT2D eigenvalue weighted by atomic mass is 10.3. The van der Waals surface area contributed by atoms with Gasteiger partial charge in [0.05, 0.1) is 7.11 Å². The van der Waals surface area contributed by atoms with Crippen LogP contribution in [0.3, 0.4) is 0 Å². The Morgan fingerprint density at radius 1 is 1.60 bits per heavy atom. The fourth-order valence-corrected chi connectivity index (χ4v) is 3.93. The Hall–Kier alpha value is -1.38. The molecular formula is C12H18N2O5S. The van der Waals surface area contributed by atoms with Crippen molar-refractivity contribution in [1.82, 2.24) is 4.31 Å². The summed E-state index contributed by atoms with van der Waals surface area (Å²) in [5, 5.41) is 0.